The van der Waals surface area contributed by atoms with Gasteiger partial charge < -0.3 is 9.64 Å². The van der Waals surface area contributed by atoms with Crippen molar-refractivity contribution in [3.8, 4) is 0 Å². The fourth-order valence-electron chi connectivity index (χ4n) is 3.97. The average molecular weight is 287 g/mol. The predicted octanol–water partition coefficient (Wildman–Crippen LogP) is 2.92. The summed E-state index contributed by atoms with van der Waals surface area (Å²) in [7, 11) is 0. The molecule has 0 N–H and O–H groups in total. The summed E-state index contributed by atoms with van der Waals surface area (Å²) in [6, 6.07) is 8.96. The number of carbonyl (C=O) groups is 1. The van der Waals surface area contributed by atoms with Gasteiger partial charge >= 0.3 is 5.97 Å². The number of fused-ring (bicyclic) bond motifs is 2. The number of nitrogens with zero attached hydrogens (tertiary/aromatic N) is 1. The Bertz CT molecular complexity index is 504. The quantitative estimate of drug-likeness (QED) is 0.798. The van der Waals surface area contributed by atoms with Crippen molar-refractivity contribution in [2.75, 3.05) is 26.2 Å². The number of hydrogen-bond acceptors (Lipinski definition) is 3. The first-order chi connectivity index (χ1) is 10.2. The normalized spacial score (nSPS) is 20.4. The summed E-state index contributed by atoms with van der Waals surface area (Å²) in [5, 5.41) is 0. The second-order valence-electron chi connectivity index (χ2n) is 6.33. The second-order valence-corrected chi connectivity index (χ2v) is 6.33. The summed E-state index contributed by atoms with van der Waals surface area (Å²) in [5.74, 6) is -0.0657. The van der Waals surface area contributed by atoms with E-state index in [4.69, 9.17) is 4.74 Å². The van der Waals surface area contributed by atoms with Crippen molar-refractivity contribution >= 4 is 5.97 Å². The molecule has 1 heterocycles. The molecule has 0 radical (unpaired) electrons. The monoisotopic (exact) mass is 287 g/mol. The van der Waals surface area contributed by atoms with Crippen LogP contribution in [0.1, 0.15) is 43.7 Å². The van der Waals surface area contributed by atoms with E-state index in [-0.39, 0.29) is 5.97 Å². The summed E-state index contributed by atoms with van der Waals surface area (Å²) in [6.07, 6.45) is 5.52. The second kappa shape index (κ2) is 6.18. The molecule has 1 fully saturated rings. The van der Waals surface area contributed by atoms with Crippen molar-refractivity contribution < 1.29 is 9.53 Å². The first kappa shape index (κ1) is 14.6. The van der Waals surface area contributed by atoms with Gasteiger partial charge in [0, 0.05) is 6.54 Å². The van der Waals surface area contributed by atoms with E-state index in [2.05, 4.69) is 29.2 Å². The molecule has 1 aromatic rings. The minimum atomic E-state index is -0.0657. The Morgan fingerprint density at radius 3 is 2.76 bits per heavy atom. The molecule has 2 aliphatic rings. The molecule has 1 spiro atoms. The molecular formula is C18H25NO2. The smallest absolute Gasteiger partial charge is 0.307 e. The van der Waals surface area contributed by atoms with Gasteiger partial charge in [0.25, 0.3) is 0 Å². The lowest BCUT2D eigenvalue weighted by Crippen LogP contribution is -2.42. The molecule has 0 amide bonds. The van der Waals surface area contributed by atoms with Crippen LogP contribution in [0.15, 0.2) is 24.3 Å². The largest absolute Gasteiger partial charge is 0.466 e. The zero-order chi connectivity index (χ0) is 14.7. The molecule has 0 saturated carbocycles. The van der Waals surface area contributed by atoms with Crippen molar-refractivity contribution in [2.24, 2.45) is 0 Å². The molecule has 114 valence electrons. The first-order valence-corrected chi connectivity index (χ1v) is 8.20. The highest BCUT2D eigenvalue weighted by Crippen LogP contribution is 2.46. The van der Waals surface area contributed by atoms with Crippen LogP contribution in [-0.4, -0.2) is 37.1 Å². The van der Waals surface area contributed by atoms with E-state index in [1.165, 1.54) is 25.7 Å². The van der Waals surface area contributed by atoms with Gasteiger partial charge in [0.1, 0.15) is 0 Å². The lowest BCUT2D eigenvalue weighted by molar-refractivity contribution is -0.143. The molecule has 1 aromatic carbocycles. The Labute approximate surface area is 127 Å². The Hall–Kier alpha value is -1.35. The minimum absolute atomic E-state index is 0.0657. The molecule has 0 atom stereocenters. The van der Waals surface area contributed by atoms with Crippen LogP contribution < -0.4 is 0 Å². The zero-order valence-corrected chi connectivity index (χ0v) is 12.9. The van der Waals surface area contributed by atoms with E-state index in [0.717, 1.165) is 19.6 Å². The minimum Gasteiger partial charge on any atom is -0.466 e. The standard InChI is InChI=1S/C18H25NO2/c1-2-21-17(20)8-12-19-13-10-18(11-14-19)9-7-15-5-3-4-6-16(15)18/h3-6H,2,7-14H2,1H3. The third kappa shape index (κ3) is 2.98. The average Bonchev–Trinajstić information content (AvgIpc) is 2.87. The van der Waals surface area contributed by atoms with Crippen LogP contribution in [-0.2, 0) is 21.4 Å². The molecular weight excluding hydrogens is 262 g/mol. The van der Waals surface area contributed by atoms with Crippen molar-refractivity contribution in [3.05, 3.63) is 35.4 Å². The van der Waals surface area contributed by atoms with Crippen molar-refractivity contribution in [3.63, 3.8) is 0 Å². The van der Waals surface area contributed by atoms with E-state index in [1.54, 1.807) is 11.1 Å². The van der Waals surface area contributed by atoms with E-state index >= 15 is 0 Å². The van der Waals surface area contributed by atoms with Gasteiger partial charge in [0.05, 0.1) is 13.0 Å². The van der Waals surface area contributed by atoms with Crippen LogP contribution in [0, 0.1) is 0 Å². The molecule has 0 bridgehead atoms. The predicted molar refractivity (Wildman–Crippen MR) is 83.4 cm³/mol. The molecule has 3 nitrogen and oxygen atoms in total. The molecule has 21 heavy (non-hydrogen) atoms. The lowest BCUT2D eigenvalue weighted by Gasteiger charge is -2.40. The van der Waals surface area contributed by atoms with Crippen molar-refractivity contribution in [1.29, 1.82) is 0 Å². The highest BCUT2D eigenvalue weighted by Gasteiger charge is 2.40. The Morgan fingerprint density at radius 1 is 1.24 bits per heavy atom. The van der Waals surface area contributed by atoms with Gasteiger partial charge in [-0.2, -0.15) is 0 Å². The Balaban J connectivity index is 1.55. The topological polar surface area (TPSA) is 29.5 Å². The summed E-state index contributed by atoms with van der Waals surface area (Å²) in [4.78, 5) is 13.9. The van der Waals surface area contributed by atoms with Crippen LogP contribution in [0.2, 0.25) is 0 Å². The molecule has 0 unspecified atom stereocenters. The van der Waals surface area contributed by atoms with Gasteiger partial charge in [0.15, 0.2) is 0 Å². The number of hydrogen-bond donors (Lipinski definition) is 0. The summed E-state index contributed by atoms with van der Waals surface area (Å²) < 4.78 is 5.01. The maximum Gasteiger partial charge on any atom is 0.307 e. The Morgan fingerprint density at radius 2 is 2.00 bits per heavy atom. The molecule has 0 aromatic heterocycles. The molecule has 3 heteroatoms. The van der Waals surface area contributed by atoms with Crippen LogP contribution in [0.5, 0.6) is 0 Å². The molecule has 1 aliphatic heterocycles. The highest BCUT2D eigenvalue weighted by atomic mass is 16.5. The van der Waals surface area contributed by atoms with E-state index in [1.807, 2.05) is 6.92 Å². The molecule has 3 rings (SSSR count). The first-order valence-electron chi connectivity index (χ1n) is 8.20. The van der Waals surface area contributed by atoms with Crippen LogP contribution in [0.25, 0.3) is 0 Å². The van der Waals surface area contributed by atoms with Gasteiger partial charge in [-0.05, 0) is 62.2 Å². The number of rotatable bonds is 4. The fourth-order valence-corrected chi connectivity index (χ4v) is 3.97. The lowest BCUT2D eigenvalue weighted by atomic mass is 9.74. The van der Waals surface area contributed by atoms with Crippen LogP contribution >= 0.6 is 0 Å². The van der Waals surface area contributed by atoms with Crippen molar-refractivity contribution in [2.45, 2.75) is 44.4 Å². The molecule has 1 aliphatic carbocycles. The third-order valence-electron chi connectivity index (χ3n) is 5.21. The summed E-state index contributed by atoms with van der Waals surface area (Å²) >= 11 is 0. The SMILES string of the molecule is CCOC(=O)CCN1CCC2(CCc3ccccc32)CC1. The van der Waals surface area contributed by atoms with Crippen LogP contribution in [0.4, 0.5) is 0 Å². The number of benzene rings is 1. The number of aryl methyl sites for hydroxylation is 1. The molecule has 1 saturated heterocycles. The Kier molecular flexibility index (Phi) is 4.29. The van der Waals surface area contributed by atoms with Gasteiger partial charge in [-0.3, -0.25) is 4.79 Å². The van der Waals surface area contributed by atoms with E-state index in [9.17, 15) is 4.79 Å². The van der Waals surface area contributed by atoms with Crippen LogP contribution in [0.3, 0.4) is 0 Å². The third-order valence-corrected chi connectivity index (χ3v) is 5.21. The highest BCUT2D eigenvalue weighted by molar-refractivity contribution is 5.69. The van der Waals surface area contributed by atoms with E-state index < -0.39 is 0 Å². The number of likely N-dealkylation sites (tertiary alicyclic amines) is 1. The number of esters is 1. The van der Waals surface area contributed by atoms with Gasteiger partial charge in [-0.25, -0.2) is 0 Å². The van der Waals surface area contributed by atoms with Gasteiger partial charge in [0.2, 0.25) is 0 Å². The zero-order valence-electron chi connectivity index (χ0n) is 12.9. The van der Waals surface area contributed by atoms with Gasteiger partial charge in [-0.1, -0.05) is 24.3 Å². The van der Waals surface area contributed by atoms with Gasteiger partial charge in [-0.15, -0.1) is 0 Å². The number of piperidine rings is 1. The maximum atomic E-state index is 11.5. The summed E-state index contributed by atoms with van der Waals surface area (Å²) in [5.41, 5.74) is 3.56. The van der Waals surface area contributed by atoms with Crippen molar-refractivity contribution in [1.82, 2.24) is 4.90 Å². The van der Waals surface area contributed by atoms with E-state index in [0.29, 0.717) is 18.4 Å². The fraction of sp³-hybridized carbons (Fsp3) is 0.611. The number of ether oxygens (including phenoxy) is 1. The number of carbonyl (C=O) groups excluding carboxylic acids is 1. The summed E-state index contributed by atoms with van der Waals surface area (Å²) in [6.45, 7) is 5.40. The maximum absolute atomic E-state index is 11.5.